The van der Waals surface area contributed by atoms with Crippen LogP contribution in [-0.2, 0) is 0 Å². The molecule has 1 aliphatic heterocycles. The van der Waals surface area contributed by atoms with Crippen LogP contribution in [0, 0.1) is 0 Å². The second-order valence-electron chi connectivity index (χ2n) is 6.69. The summed E-state index contributed by atoms with van der Waals surface area (Å²) in [6.07, 6.45) is 1.99. The fourth-order valence-corrected chi connectivity index (χ4v) is 4.38. The molecule has 1 aromatic carbocycles. The first-order valence-corrected chi connectivity index (χ1v) is 9.46. The van der Waals surface area contributed by atoms with E-state index < -0.39 is 0 Å². The maximum Gasteiger partial charge on any atom is 0.115 e. The van der Waals surface area contributed by atoms with E-state index in [1.54, 1.807) is 17.4 Å². The average molecular weight is 343 g/mol. The summed E-state index contributed by atoms with van der Waals surface area (Å²) >= 11 is 1.73. The number of rotatable bonds is 5. The number of hydrogen-bond acceptors (Lipinski definition) is 4. The zero-order valence-electron chi connectivity index (χ0n) is 14.4. The fourth-order valence-electron chi connectivity index (χ4n) is 3.71. The molecule has 1 aromatic heterocycles. The Kier molecular flexibility index (Phi) is 5.39. The molecule has 1 fully saturated rings. The molecular formula is C20H26N2OS. The molecule has 1 N–H and O–H groups in total. The number of benzene rings is 1. The van der Waals surface area contributed by atoms with Gasteiger partial charge in [0.25, 0.3) is 0 Å². The molecule has 0 radical (unpaired) electrons. The van der Waals surface area contributed by atoms with E-state index in [-0.39, 0.29) is 6.04 Å². The predicted molar refractivity (Wildman–Crippen MR) is 102 cm³/mol. The van der Waals surface area contributed by atoms with Crippen molar-refractivity contribution in [2.45, 2.75) is 32.0 Å². The third-order valence-electron chi connectivity index (χ3n) is 4.90. The van der Waals surface area contributed by atoms with Gasteiger partial charge in [0.15, 0.2) is 0 Å². The lowest BCUT2D eigenvalue weighted by Gasteiger charge is -2.47. The van der Waals surface area contributed by atoms with Gasteiger partial charge in [0.2, 0.25) is 0 Å². The molecule has 128 valence electrons. The summed E-state index contributed by atoms with van der Waals surface area (Å²) in [5.41, 5.74) is 2.46. The van der Waals surface area contributed by atoms with Crippen LogP contribution < -0.4 is 0 Å². The van der Waals surface area contributed by atoms with Crippen LogP contribution >= 0.6 is 11.3 Å². The monoisotopic (exact) mass is 342 g/mol. The molecule has 3 rings (SSSR count). The van der Waals surface area contributed by atoms with Gasteiger partial charge in [-0.05, 0) is 53.9 Å². The highest BCUT2D eigenvalue weighted by Crippen LogP contribution is 2.35. The summed E-state index contributed by atoms with van der Waals surface area (Å²) in [5, 5.41) is 14.3. The standard InChI is InChI=1S/C20H26N2OS/c1-4-9-21-12-16(3)22(13-15(21)2)20(18-8-10-24-14-18)17-6-5-7-19(23)11-17/h4-8,10-11,14-16,20,23H,1,9,12-13H2,2-3H3/t15-,16-,20?/m0/s1. The molecule has 3 nitrogen and oxygen atoms in total. The van der Waals surface area contributed by atoms with Crippen molar-refractivity contribution in [2.75, 3.05) is 19.6 Å². The van der Waals surface area contributed by atoms with Crippen LogP contribution in [0.1, 0.15) is 31.0 Å². The van der Waals surface area contributed by atoms with Gasteiger partial charge in [-0.3, -0.25) is 9.80 Å². The first-order valence-electron chi connectivity index (χ1n) is 8.52. The van der Waals surface area contributed by atoms with E-state index in [0.717, 1.165) is 25.2 Å². The number of aromatic hydroxyl groups is 1. The summed E-state index contributed by atoms with van der Waals surface area (Å²) in [6.45, 7) is 11.4. The van der Waals surface area contributed by atoms with E-state index in [9.17, 15) is 5.11 Å². The van der Waals surface area contributed by atoms with Crippen molar-refractivity contribution in [3.63, 3.8) is 0 Å². The summed E-state index contributed by atoms with van der Waals surface area (Å²) in [7, 11) is 0. The molecule has 4 heteroatoms. The van der Waals surface area contributed by atoms with Crippen LogP contribution in [0.2, 0.25) is 0 Å². The average Bonchev–Trinajstić information content (AvgIpc) is 3.06. The van der Waals surface area contributed by atoms with E-state index in [2.05, 4.69) is 53.1 Å². The molecule has 1 aliphatic rings. The van der Waals surface area contributed by atoms with Crippen molar-refractivity contribution in [1.29, 1.82) is 0 Å². The molecule has 2 heterocycles. The largest absolute Gasteiger partial charge is 0.508 e. The van der Waals surface area contributed by atoms with Gasteiger partial charge in [-0.1, -0.05) is 18.2 Å². The zero-order chi connectivity index (χ0) is 17.1. The third kappa shape index (κ3) is 3.56. The highest BCUT2D eigenvalue weighted by atomic mass is 32.1. The molecule has 0 amide bonds. The first kappa shape index (κ1) is 17.2. The Morgan fingerprint density at radius 2 is 2.08 bits per heavy atom. The smallest absolute Gasteiger partial charge is 0.115 e. The molecule has 0 spiro atoms. The number of piperazine rings is 1. The third-order valence-corrected chi connectivity index (χ3v) is 5.60. The Morgan fingerprint density at radius 3 is 2.75 bits per heavy atom. The van der Waals surface area contributed by atoms with Crippen LogP contribution in [0.15, 0.2) is 53.7 Å². The lowest BCUT2D eigenvalue weighted by molar-refractivity contribution is 0.0307. The van der Waals surface area contributed by atoms with Crippen molar-refractivity contribution in [3.8, 4) is 5.75 Å². The SMILES string of the molecule is C=CCN1C[C@H](C)N(C(c2ccsc2)c2cccc(O)c2)C[C@@H]1C. The highest BCUT2D eigenvalue weighted by molar-refractivity contribution is 7.08. The van der Waals surface area contributed by atoms with Crippen molar-refractivity contribution < 1.29 is 5.11 Å². The quantitative estimate of drug-likeness (QED) is 0.828. The van der Waals surface area contributed by atoms with Crippen LogP contribution in [0.25, 0.3) is 0 Å². The maximum absolute atomic E-state index is 9.95. The van der Waals surface area contributed by atoms with Crippen LogP contribution in [0.5, 0.6) is 5.75 Å². The Bertz CT molecular complexity index is 670. The Hall–Kier alpha value is -1.62. The molecule has 0 bridgehead atoms. The van der Waals surface area contributed by atoms with E-state index >= 15 is 0 Å². The highest BCUT2D eigenvalue weighted by Gasteiger charge is 2.34. The lowest BCUT2D eigenvalue weighted by atomic mass is 9.95. The van der Waals surface area contributed by atoms with E-state index in [1.807, 2.05) is 18.2 Å². The minimum Gasteiger partial charge on any atom is -0.508 e. The van der Waals surface area contributed by atoms with Crippen LogP contribution in [0.3, 0.4) is 0 Å². The van der Waals surface area contributed by atoms with Crippen molar-refractivity contribution in [2.24, 2.45) is 0 Å². The number of thiophene rings is 1. The Morgan fingerprint density at radius 1 is 1.25 bits per heavy atom. The van der Waals surface area contributed by atoms with Crippen LogP contribution in [-0.4, -0.2) is 46.6 Å². The van der Waals surface area contributed by atoms with Gasteiger partial charge >= 0.3 is 0 Å². The van der Waals surface area contributed by atoms with Gasteiger partial charge in [-0.2, -0.15) is 11.3 Å². The zero-order valence-corrected chi connectivity index (χ0v) is 15.2. The number of phenolic OH excluding ortho intramolecular Hbond substituents is 1. The minimum atomic E-state index is 0.187. The molecule has 24 heavy (non-hydrogen) atoms. The van der Waals surface area contributed by atoms with Crippen molar-refractivity contribution in [1.82, 2.24) is 9.80 Å². The number of hydrogen-bond donors (Lipinski definition) is 1. The number of nitrogens with zero attached hydrogens (tertiary/aromatic N) is 2. The van der Waals surface area contributed by atoms with Gasteiger partial charge in [0.1, 0.15) is 5.75 Å². The van der Waals surface area contributed by atoms with Crippen molar-refractivity contribution in [3.05, 3.63) is 64.9 Å². The van der Waals surface area contributed by atoms with E-state index in [4.69, 9.17) is 0 Å². The van der Waals surface area contributed by atoms with E-state index in [0.29, 0.717) is 17.8 Å². The second kappa shape index (κ2) is 7.51. The molecular weight excluding hydrogens is 316 g/mol. The minimum absolute atomic E-state index is 0.187. The first-order chi connectivity index (χ1) is 11.6. The maximum atomic E-state index is 9.95. The van der Waals surface area contributed by atoms with Gasteiger partial charge in [0, 0.05) is 31.7 Å². The van der Waals surface area contributed by atoms with Crippen molar-refractivity contribution >= 4 is 11.3 Å². The molecule has 1 saturated heterocycles. The normalized spacial score (nSPS) is 23.9. The number of phenols is 1. The van der Waals surface area contributed by atoms with Gasteiger partial charge < -0.3 is 5.11 Å². The molecule has 1 unspecified atom stereocenters. The molecule has 0 saturated carbocycles. The fraction of sp³-hybridized carbons (Fsp3) is 0.400. The summed E-state index contributed by atoms with van der Waals surface area (Å²) < 4.78 is 0. The van der Waals surface area contributed by atoms with E-state index in [1.165, 1.54) is 5.56 Å². The topological polar surface area (TPSA) is 26.7 Å². The molecule has 2 aromatic rings. The molecule has 0 aliphatic carbocycles. The van der Waals surface area contributed by atoms with Gasteiger partial charge in [-0.25, -0.2) is 0 Å². The summed E-state index contributed by atoms with van der Waals surface area (Å²) in [4.78, 5) is 5.06. The van der Waals surface area contributed by atoms with Gasteiger partial charge in [0.05, 0.1) is 6.04 Å². The summed E-state index contributed by atoms with van der Waals surface area (Å²) in [5.74, 6) is 0.332. The van der Waals surface area contributed by atoms with Crippen LogP contribution in [0.4, 0.5) is 0 Å². The lowest BCUT2D eigenvalue weighted by Crippen LogP contribution is -2.57. The Balaban J connectivity index is 1.93. The second-order valence-corrected chi connectivity index (χ2v) is 7.47. The Labute approximate surface area is 148 Å². The molecule has 3 atom stereocenters. The van der Waals surface area contributed by atoms with Gasteiger partial charge in [-0.15, -0.1) is 6.58 Å². The predicted octanol–water partition coefficient (Wildman–Crippen LogP) is 4.12. The summed E-state index contributed by atoms with van der Waals surface area (Å²) in [6, 6.07) is 11.0.